The molecule has 7 nitrogen and oxygen atoms in total. The second-order valence-corrected chi connectivity index (χ2v) is 4.91. The number of hydrogen-bond acceptors (Lipinski definition) is 6. The minimum atomic E-state index is 0.750. The van der Waals surface area contributed by atoms with E-state index in [0.717, 1.165) is 33.7 Å². The van der Waals surface area contributed by atoms with Gasteiger partial charge in [-0.25, -0.2) is 14.6 Å². The van der Waals surface area contributed by atoms with Crippen LogP contribution in [0, 0.1) is 0 Å². The van der Waals surface area contributed by atoms with E-state index in [0.29, 0.717) is 0 Å². The van der Waals surface area contributed by atoms with Gasteiger partial charge in [0.2, 0.25) is 0 Å². The zero-order chi connectivity index (χ0) is 15.6. The summed E-state index contributed by atoms with van der Waals surface area (Å²) in [5, 5.41) is 8.72. The first-order valence-corrected chi connectivity index (χ1v) is 7.10. The van der Waals surface area contributed by atoms with Gasteiger partial charge in [-0.05, 0) is 18.2 Å². The van der Waals surface area contributed by atoms with Crippen molar-refractivity contribution in [3.63, 3.8) is 0 Å². The van der Waals surface area contributed by atoms with Crippen LogP contribution in [0.25, 0.3) is 28.0 Å². The number of rotatable bonds is 3. The molecule has 0 radical (unpaired) electrons. The van der Waals surface area contributed by atoms with E-state index < -0.39 is 0 Å². The Kier molecular flexibility index (Phi) is 3.16. The standard InChI is InChI=1S/C16H13N7/c1-17-14-9-23(11-2-5-18-6-3-11)22-16(14)15-12-8-19-10-21-13(12)4-7-20-15/h2-10,17H,1H3. The predicted molar refractivity (Wildman–Crippen MR) is 87.2 cm³/mol. The van der Waals surface area contributed by atoms with Crippen LogP contribution in [0.15, 0.2) is 55.5 Å². The van der Waals surface area contributed by atoms with Crippen molar-refractivity contribution in [1.29, 1.82) is 0 Å². The smallest absolute Gasteiger partial charge is 0.135 e. The van der Waals surface area contributed by atoms with Gasteiger partial charge >= 0.3 is 0 Å². The number of nitrogens with one attached hydrogen (secondary N) is 1. The summed E-state index contributed by atoms with van der Waals surface area (Å²) in [5.74, 6) is 0. The van der Waals surface area contributed by atoms with Crippen LogP contribution < -0.4 is 5.32 Å². The van der Waals surface area contributed by atoms with E-state index in [-0.39, 0.29) is 0 Å². The molecule has 0 saturated carbocycles. The third-order valence-corrected chi connectivity index (χ3v) is 3.57. The highest BCUT2D eigenvalue weighted by Crippen LogP contribution is 2.30. The summed E-state index contributed by atoms with van der Waals surface area (Å²) in [6.07, 6.45) is 10.4. The quantitative estimate of drug-likeness (QED) is 0.625. The van der Waals surface area contributed by atoms with Crippen LogP contribution in [0.5, 0.6) is 0 Å². The molecule has 0 saturated heterocycles. The maximum absolute atomic E-state index is 4.68. The fraction of sp³-hybridized carbons (Fsp3) is 0.0625. The molecule has 0 atom stereocenters. The molecule has 0 aliphatic heterocycles. The molecule has 4 rings (SSSR count). The number of aromatic nitrogens is 6. The molecule has 0 unspecified atom stereocenters. The fourth-order valence-electron chi connectivity index (χ4n) is 2.46. The molecule has 0 amide bonds. The minimum Gasteiger partial charge on any atom is -0.385 e. The third kappa shape index (κ3) is 2.28. The van der Waals surface area contributed by atoms with Gasteiger partial charge in [-0.1, -0.05) is 0 Å². The van der Waals surface area contributed by atoms with Gasteiger partial charge in [-0.2, -0.15) is 5.10 Å². The van der Waals surface area contributed by atoms with E-state index in [1.165, 1.54) is 6.33 Å². The van der Waals surface area contributed by atoms with Crippen molar-refractivity contribution < 1.29 is 0 Å². The number of anilines is 1. The zero-order valence-corrected chi connectivity index (χ0v) is 12.4. The molecule has 4 aromatic heterocycles. The Morgan fingerprint density at radius 1 is 0.957 bits per heavy atom. The van der Waals surface area contributed by atoms with E-state index in [4.69, 9.17) is 0 Å². The number of pyridine rings is 2. The van der Waals surface area contributed by atoms with Gasteiger partial charge in [-0.3, -0.25) is 9.97 Å². The van der Waals surface area contributed by atoms with Crippen LogP contribution in [0.4, 0.5) is 5.69 Å². The van der Waals surface area contributed by atoms with Crippen molar-refractivity contribution in [2.24, 2.45) is 0 Å². The number of hydrogen-bond donors (Lipinski definition) is 1. The van der Waals surface area contributed by atoms with Crippen molar-refractivity contribution >= 4 is 16.6 Å². The Balaban J connectivity index is 1.93. The summed E-state index contributed by atoms with van der Waals surface area (Å²) in [4.78, 5) is 16.9. The topological polar surface area (TPSA) is 81.4 Å². The van der Waals surface area contributed by atoms with Gasteiger partial charge in [0.25, 0.3) is 0 Å². The summed E-state index contributed by atoms with van der Waals surface area (Å²) >= 11 is 0. The summed E-state index contributed by atoms with van der Waals surface area (Å²) < 4.78 is 1.80. The maximum Gasteiger partial charge on any atom is 0.135 e. The Morgan fingerprint density at radius 2 is 1.83 bits per heavy atom. The minimum absolute atomic E-state index is 0.750. The van der Waals surface area contributed by atoms with E-state index in [1.807, 2.05) is 31.4 Å². The molecule has 4 heterocycles. The molecule has 0 aliphatic carbocycles. The molecule has 0 bridgehead atoms. The van der Waals surface area contributed by atoms with E-state index in [2.05, 4.69) is 30.4 Å². The lowest BCUT2D eigenvalue weighted by Gasteiger charge is -2.04. The molecular weight excluding hydrogens is 290 g/mol. The average molecular weight is 303 g/mol. The molecule has 0 spiro atoms. The van der Waals surface area contributed by atoms with Crippen LogP contribution in [-0.2, 0) is 0 Å². The monoisotopic (exact) mass is 303 g/mol. The summed E-state index contributed by atoms with van der Waals surface area (Å²) in [6.45, 7) is 0. The largest absolute Gasteiger partial charge is 0.385 e. The Bertz CT molecular complexity index is 957. The predicted octanol–water partition coefficient (Wildman–Crippen LogP) is 2.31. The summed E-state index contributed by atoms with van der Waals surface area (Å²) in [6, 6.07) is 5.66. The molecule has 1 N–H and O–H groups in total. The normalized spacial score (nSPS) is 10.8. The van der Waals surface area contributed by atoms with Crippen LogP contribution in [0.1, 0.15) is 0 Å². The first-order valence-electron chi connectivity index (χ1n) is 7.10. The van der Waals surface area contributed by atoms with Gasteiger partial charge in [0.1, 0.15) is 17.7 Å². The zero-order valence-electron chi connectivity index (χ0n) is 12.4. The molecule has 7 heteroatoms. The van der Waals surface area contributed by atoms with Gasteiger partial charge in [0.15, 0.2) is 0 Å². The molecule has 112 valence electrons. The Morgan fingerprint density at radius 3 is 2.65 bits per heavy atom. The van der Waals surface area contributed by atoms with Crippen LogP contribution in [-0.4, -0.2) is 36.8 Å². The Labute approximate surface area is 132 Å². The lowest BCUT2D eigenvalue weighted by Crippen LogP contribution is -1.96. The fourth-order valence-corrected chi connectivity index (χ4v) is 2.46. The highest BCUT2D eigenvalue weighted by atomic mass is 15.3. The van der Waals surface area contributed by atoms with Crippen LogP contribution in [0.3, 0.4) is 0 Å². The molecule has 0 aliphatic rings. The highest BCUT2D eigenvalue weighted by Gasteiger charge is 2.15. The molecule has 4 aromatic rings. The molecule has 0 aromatic carbocycles. The lowest BCUT2D eigenvalue weighted by molar-refractivity contribution is 0.880. The molecular formula is C16H13N7. The van der Waals surface area contributed by atoms with Gasteiger partial charge in [0, 0.05) is 37.2 Å². The SMILES string of the molecule is CNc1cn(-c2ccncc2)nc1-c1nccc2ncncc12. The molecule has 0 fully saturated rings. The first kappa shape index (κ1) is 13.3. The second-order valence-electron chi connectivity index (χ2n) is 4.91. The van der Waals surface area contributed by atoms with Crippen molar-refractivity contribution in [2.75, 3.05) is 12.4 Å². The van der Waals surface area contributed by atoms with Crippen molar-refractivity contribution in [2.45, 2.75) is 0 Å². The van der Waals surface area contributed by atoms with Gasteiger partial charge in [0.05, 0.1) is 23.1 Å². The van der Waals surface area contributed by atoms with Crippen molar-refractivity contribution in [1.82, 2.24) is 29.7 Å². The van der Waals surface area contributed by atoms with E-state index in [1.54, 1.807) is 29.5 Å². The molecule has 23 heavy (non-hydrogen) atoms. The van der Waals surface area contributed by atoms with Crippen LogP contribution >= 0.6 is 0 Å². The van der Waals surface area contributed by atoms with E-state index >= 15 is 0 Å². The first-order chi connectivity index (χ1) is 11.4. The second kappa shape index (κ2) is 5.45. The number of fused-ring (bicyclic) bond motifs is 1. The van der Waals surface area contributed by atoms with Gasteiger partial charge in [-0.15, -0.1) is 0 Å². The van der Waals surface area contributed by atoms with Crippen molar-refractivity contribution in [3.8, 4) is 17.1 Å². The lowest BCUT2D eigenvalue weighted by atomic mass is 10.1. The van der Waals surface area contributed by atoms with Crippen molar-refractivity contribution in [3.05, 3.63) is 55.5 Å². The van der Waals surface area contributed by atoms with E-state index in [9.17, 15) is 0 Å². The average Bonchev–Trinajstić information content (AvgIpc) is 3.06. The summed E-state index contributed by atoms with van der Waals surface area (Å²) in [7, 11) is 1.86. The van der Waals surface area contributed by atoms with Gasteiger partial charge < -0.3 is 5.32 Å². The highest BCUT2D eigenvalue weighted by molar-refractivity contribution is 5.93. The number of nitrogens with zero attached hydrogens (tertiary/aromatic N) is 6. The maximum atomic E-state index is 4.68. The Hall–Kier alpha value is -3.35. The summed E-state index contributed by atoms with van der Waals surface area (Å²) in [5.41, 5.74) is 4.15. The van der Waals surface area contributed by atoms with Crippen LogP contribution in [0.2, 0.25) is 0 Å². The third-order valence-electron chi connectivity index (χ3n) is 3.57.